The van der Waals surface area contributed by atoms with E-state index in [1.54, 1.807) is 23.3 Å². The second-order valence-electron chi connectivity index (χ2n) is 6.99. The van der Waals surface area contributed by atoms with E-state index in [1.807, 2.05) is 36.7 Å². The Bertz CT molecular complexity index is 729. The van der Waals surface area contributed by atoms with E-state index in [2.05, 4.69) is 29.3 Å². The van der Waals surface area contributed by atoms with Crippen LogP contribution < -0.4 is 10.1 Å². The number of thiophene rings is 1. The SMILES string of the molecule is COc1ccccc1C(CNC(=O)N(C)C(C)c1cccs1)N1CCCC1. The summed E-state index contributed by atoms with van der Waals surface area (Å²) >= 11 is 1.68. The molecule has 1 aromatic carbocycles. The van der Waals surface area contributed by atoms with Crippen LogP contribution in [0.15, 0.2) is 41.8 Å². The number of hydrogen-bond acceptors (Lipinski definition) is 4. The smallest absolute Gasteiger partial charge is 0.317 e. The van der Waals surface area contributed by atoms with Crippen molar-refractivity contribution in [1.29, 1.82) is 0 Å². The van der Waals surface area contributed by atoms with E-state index in [0.29, 0.717) is 6.54 Å². The number of carbonyl (C=O) groups is 1. The lowest BCUT2D eigenvalue weighted by Gasteiger charge is -2.31. The van der Waals surface area contributed by atoms with Gasteiger partial charge < -0.3 is 15.0 Å². The molecular weight excluding hydrogens is 358 g/mol. The van der Waals surface area contributed by atoms with Gasteiger partial charge in [0.05, 0.1) is 19.2 Å². The number of benzene rings is 1. The number of methoxy groups -OCH3 is 1. The van der Waals surface area contributed by atoms with Crippen LogP contribution >= 0.6 is 11.3 Å². The molecule has 0 spiro atoms. The zero-order valence-electron chi connectivity index (χ0n) is 16.4. The van der Waals surface area contributed by atoms with Crippen LogP contribution in [0.4, 0.5) is 4.79 Å². The average Bonchev–Trinajstić information content (AvgIpc) is 3.41. The molecule has 0 radical (unpaired) electrons. The first-order chi connectivity index (χ1) is 13.1. The molecule has 146 valence electrons. The predicted octanol–water partition coefficient (Wildman–Crippen LogP) is 4.30. The van der Waals surface area contributed by atoms with Gasteiger partial charge in [-0.2, -0.15) is 0 Å². The number of para-hydroxylation sites is 1. The predicted molar refractivity (Wildman–Crippen MR) is 110 cm³/mol. The van der Waals surface area contributed by atoms with Gasteiger partial charge in [-0.3, -0.25) is 4.90 Å². The van der Waals surface area contributed by atoms with Gasteiger partial charge in [0.1, 0.15) is 5.75 Å². The molecule has 27 heavy (non-hydrogen) atoms. The van der Waals surface area contributed by atoms with E-state index in [9.17, 15) is 4.79 Å². The fourth-order valence-electron chi connectivity index (χ4n) is 3.64. The molecule has 0 aliphatic carbocycles. The van der Waals surface area contributed by atoms with Crippen LogP contribution in [0.5, 0.6) is 5.75 Å². The van der Waals surface area contributed by atoms with Crippen molar-refractivity contribution in [2.75, 3.05) is 33.8 Å². The molecule has 0 saturated carbocycles. The minimum Gasteiger partial charge on any atom is -0.496 e. The lowest BCUT2D eigenvalue weighted by atomic mass is 10.0. The summed E-state index contributed by atoms with van der Waals surface area (Å²) in [7, 11) is 3.56. The van der Waals surface area contributed by atoms with E-state index in [0.717, 1.165) is 24.4 Å². The summed E-state index contributed by atoms with van der Waals surface area (Å²) in [5, 5.41) is 5.19. The van der Waals surface area contributed by atoms with Crippen molar-refractivity contribution < 1.29 is 9.53 Å². The van der Waals surface area contributed by atoms with Crippen molar-refractivity contribution in [1.82, 2.24) is 15.1 Å². The number of urea groups is 1. The van der Waals surface area contributed by atoms with Crippen LogP contribution in [-0.2, 0) is 0 Å². The topological polar surface area (TPSA) is 44.8 Å². The number of carbonyl (C=O) groups excluding carboxylic acids is 1. The van der Waals surface area contributed by atoms with Crippen LogP contribution in [0, 0.1) is 0 Å². The lowest BCUT2D eigenvalue weighted by molar-refractivity contribution is 0.185. The molecule has 0 bridgehead atoms. The molecule has 1 saturated heterocycles. The average molecular weight is 388 g/mol. The molecule has 6 heteroatoms. The summed E-state index contributed by atoms with van der Waals surface area (Å²) in [5.41, 5.74) is 1.14. The minimum atomic E-state index is -0.0463. The van der Waals surface area contributed by atoms with Gasteiger partial charge in [0.25, 0.3) is 0 Å². The van der Waals surface area contributed by atoms with Crippen LogP contribution in [0.25, 0.3) is 0 Å². The number of rotatable bonds is 7. The molecule has 2 amide bonds. The van der Waals surface area contributed by atoms with Gasteiger partial charge in [-0.25, -0.2) is 4.79 Å². The van der Waals surface area contributed by atoms with Gasteiger partial charge in [-0.15, -0.1) is 11.3 Å². The molecule has 2 aromatic rings. The molecule has 1 aromatic heterocycles. The molecule has 1 fully saturated rings. The Morgan fingerprint density at radius 1 is 1.26 bits per heavy atom. The molecule has 2 atom stereocenters. The van der Waals surface area contributed by atoms with Gasteiger partial charge in [0.15, 0.2) is 0 Å². The maximum absolute atomic E-state index is 12.8. The van der Waals surface area contributed by atoms with E-state index in [-0.39, 0.29) is 18.1 Å². The largest absolute Gasteiger partial charge is 0.496 e. The van der Waals surface area contributed by atoms with Gasteiger partial charge in [0, 0.05) is 24.0 Å². The van der Waals surface area contributed by atoms with Crippen molar-refractivity contribution in [2.24, 2.45) is 0 Å². The molecule has 3 rings (SSSR count). The molecule has 1 aliphatic heterocycles. The molecular formula is C21H29N3O2S. The quantitative estimate of drug-likeness (QED) is 0.771. The highest BCUT2D eigenvalue weighted by atomic mass is 32.1. The summed E-state index contributed by atoms with van der Waals surface area (Å²) in [6.07, 6.45) is 2.41. The fraction of sp³-hybridized carbons (Fsp3) is 0.476. The Balaban J connectivity index is 1.70. The zero-order valence-corrected chi connectivity index (χ0v) is 17.2. The van der Waals surface area contributed by atoms with Crippen molar-refractivity contribution in [3.8, 4) is 5.75 Å². The maximum atomic E-state index is 12.8. The third-order valence-corrected chi connectivity index (χ3v) is 6.42. The standard InChI is InChI=1S/C21H29N3O2S/c1-16(20-11-8-14-27-20)23(2)21(25)22-15-18(24-12-6-7-13-24)17-9-4-5-10-19(17)26-3/h4-5,8-11,14,16,18H,6-7,12-13,15H2,1-3H3,(H,22,25). The number of likely N-dealkylation sites (tertiary alicyclic amines) is 1. The van der Waals surface area contributed by atoms with E-state index < -0.39 is 0 Å². The molecule has 1 N–H and O–H groups in total. The monoisotopic (exact) mass is 387 g/mol. The van der Waals surface area contributed by atoms with Crippen molar-refractivity contribution >= 4 is 17.4 Å². The summed E-state index contributed by atoms with van der Waals surface area (Å²) in [6.45, 7) is 4.74. The lowest BCUT2D eigenvalue weighted by Crippen LogP contribution is -2.43. The highest BCUT2D eigenvalue weighted by Gasteiger charge is 2.27. The molecule has 2 unspecified atom stereocenters. The van der Waals surface area contributed by atoms with Gasteiger partial charge in [0.2, 0.25) is 0 Å². The number of amides is 2. The Kier molecular flexibility index (Phi) is 6.74. The molecule has 1 aliphatic rings. The summed E-state index contributed by atoms with van der Waals surface area (Å²) in [6, 6.07) is 12.3. The third kappa shape index (κ3) is 4.62. The number of nitrogens with one attached hydrogen (secondary N) is 1. The highest BCUT2D eigenvalue weighted by molar-refractivity contribution is 7.10. The summed E-state index contributed by atoms with van der Waals surface area (Å²) in [4.78, 5) is 18.2. The summed E-state index contributed by atoms with van der Waals surface area (Å²) in [5.74, 6) is 0.879. The van der Waals surface area contributed by atoms with Crippen LogP contribution in [0.2, 0.25) is 0 Å². The van der Waals surface area contributed by atoms with Gasteiger partial charge >= 0.3 is 6.03 Å². The van der Waals surface area contributed by atoms with Crippen LogP contribution in [0.1, 0.15) is 42.3 Å². The second kappa shape index (κ2) is 9.24. The Hall–Kier alpha value is -2.05. The van der Waals surface area contributed by atoms with Crippen LogP contribution in [0.3, 0.4) is 0 Å². The number of ether oxygens (including phenoxy) is 1. The number of nitrogens with zero attached hydrogens (tertiary/aromatic N) is 2. The minimum absolute atomic E-state index is 0.0463. The third-order valence-electron chi connectivity index (χ3n) is 5.38. The first kappa shape index (κ1) is 19.7. The van der Waals surface area contributed by atoms with Gasteiger partial charge in [-0.05, 0) is 50.4 Å². The first-order valence-electron chi connectivity index (χ1n) is 9.53. The zero-order chi connectivity index (χ0) is 19.2. The fourth-order valence-corrected chi connectivity index (χ4v) is 4.46. The molecule has 5 nitrogen and oxygen atoms in total. The Labute approximate surface area is 165 Å². The Morgan fingerprint density at radius 2 is 2.00 bits per heavy atom. The van der Waals surface area contributed by atoms with Crippen molar-refractivity contribution in [3.63, 3.8) is 0 Å². The molecule has 2 heterocycles. The second-order valence-corrected chi connectivity index (χ2v) is 7.97. The van der Waals surface area contributed by atoms with E-state index in [4.69, 9.17) is 4.74 Å². The van der Waals surface area contributed by atoms with E-state index >= 15 is 0 Å². The highest BCUT2D eigenvalue weighted by Crippen LogP contribution is 2.31. The Morgan fingerprint density at radius 3 is 2.67 bits per heavy atom. The summed E-state index contributed by atoms with van der Waals surface area (Å²) < 4.78 is 5.58. The maximum Gasteiger partial charge on any atom is 0.317 e. The first-order valence-corrected chi connectivity index (χ1v) is 10.4. The number of hydrogen-bond donors (Lipinski definition) is 1. The van der Waals surface area contributed by atoms with Crippen molar-refractivity contribution in [2.45, 2.75) is 31.8 Å². The van der Waals surface area contributed by atoms with Crippen molar-refractivity contribution in [3.05, 3.63) is 52.2 Å². The normalized spacial score (nSPS) is 16.7. The van der Waals surface area contributed by atoms with Crippen LogP contribution in [-0.4, -0.2) is 49.6 Å². The van der Waals surface area contributed by atoms with E-state index in [1.165, 1.54) is 17.7 Å². The van der Waals surface area contributed by atoms with Gasteiger partial charge in [-0.1, -0.05) is 24.3 Å².